The topological polar surface area (TPSA) is 88.1 Å². The average molecular weight is 348 g/mol. The summed E-state index contributed by atoms with van der Waals surface area (Å²) in [6, 6.07) is 9.26. The highest BCUT2D eigenvalue weighted by Crippen LogP contribution is 2.34. The highest BCUT2D eigenvalue weighted by Gasteiger charge is 2.40. The molecule has 0 aliphatic carbocycles. The maximum atomic E-state index is 12.1. The van der Waals surface area contributed by atoms with Gasteiger partial charge in [0.25, 0.3) is 0 Å². The summed E-state index contributed by atoms with van der Waals surface area (Å²) in [5.74, 6) is -2.25. The van der Waals surface area contributed by atoms with E-state index in [0.29, 0.717) is 13.0 Å². The Morgan fingerprint density at radius 1 is 1.12 bits per heavy atom. The van der Waals surface area contributed by atoms with Gasteiger partial charge in [-0.1, -0.05) is 36.9 Å². The van der Waals surface area contributed by atoms with Crippen molar-refractivity contribution in [3.05, 3.63) is 48.0 Å². The zero-order valence-corrected chi connectivity index (χ0v) is 14.0. The lowest BCUT2D eigenvalue weighted by molar-refractivity contribution is -0.173. The first kappa shape index (κ1) is 18.7. The van der Waals surface area contributed by atoms with Crippen molar-refractivity contribution >= 4 is 17.9 Å². The van der Waals surface area contributed by atoms with Crippen LogP contribution in [0.2, 0.25) is 0 Å². The molecule has 1 heterocycles. The van der Waals surface area contributed by atoms with Crippen LogP contribution in [0.15, 0.2) is 42.5 Å². The molecule has 1 unspecified atom stereocenters. The molecule has 1 aromatic rings. The largest absolute Gasteiger partial charge is 0.451 e. The fourth-order valence-electron chi connectivity index (χ4n) is 2.33. The Morgan fingerprint density at radius 2 is 1.80 bits per heavy atom. The van der Waals surface area contributed by atoms with Gasteiger partial charge >= 0.3 is 17.9 Å². The van der Waals surface area contributed by atoms with E-state index in [1.807, 2.05) is 30.3 Å². The lowest BCUT2D eigenvalue weighted by Crippen LogP contribution is -2.35. The Morgan fingerprint density at radius 3 is 2.40 bits per heavy atom. The van der Waals surface area contributed by atoms with Crippen LogP contribution in [0.1, 0.15) is 18.9 Å². The van der Waals surface area contributed by atoms with Crippen LogP contribution in [0.4, 0.5) is 0 Å². The Kier molecular flexibility index (Phi) is 6.30. The Bertz CT molecular complexity index is 645. The van der Waals surface area contributed by atoms with Crippen molar-refractivity contribution in [2.45, 2.75) is 18.9 Å². The maximum absolute atomic E-state index is 12.1. The Balaban J connectivity index is 1.85. The number of hydrogen-bond acceptors (Lipinski definition) is 7. The van der Waals surface area contributed by atoms with E-state index in [4.69, 9.17) is 14.2 Å². The van der Waals surface area contributed by atoms with Crippen LogP contribution in [0.5, 0.6) is 0 Å². The summed E-state index contributed by atoms with van der Waals surface area (Å²) in [6.07, 6.45) is 0.521. The lowest BCUT2D eigenvalue weighted by atomic mass is 9.93. The summed E-state index contributed by atoms with van der Waals surface area (Å²) in [6.45, 7) is 4.40. The van der Waals surface area contributed by atoms with E-state index in [0.717, 1.165) is 5.56 Å². The van der Waals surface area contributed by atoms with E-state index in [1.54, 1.807) is 0 Å². The number of carbonyl (C=O) groups is 3. The molecule has 0 amide bonds. The fourth-order valence-corrected chi connectivity index (χ4v) is 2.33. The Labute approximate surface area is 145 Å². The van der Waals surface area contributed by atoms with Gasteiger partial charge in [0.15, 0.2) is 18.8 Å². The number of carbonyl (C=O) groups excluding carboxylic acids is 3. The van der Waals surface area contributed by atoms with Crippen molar-refractivity contribution in [1.82, 2.24) is 0 Å². The molecule has 134 valence electrons. The second kappa shape index (κ2) is 8.43. The number of hydrogen-bond donors (Lipinski definition) is 0. The smallest absolute Gasteiger partial charge is 0.345 e. The summed E-state index contributed by atoms with van der Waals surface area (Å²) in [7, 11) is 0. The molecule has 25 heavy (non-hydrogen) atoms. The van der Waals surface area contributed by atoms with E-state index in [-0.39, 0.29) is 12.2 Å². The first-order chi connectivity index (χ1) is 11.9. The van der Waals surface area contributed by atoms with Crippen molar-refractivity contribution < 1.29 is 33.3 Å². The van der Waals surface area contributed by atoms with Gasteiger partial charge in [-0.15, -0.1) is 0 Å². The first-order valence-electron chi connectivity index (χ1n) is 7.76. The highest BCUT2D eigenvalue weighted by atomic mass is 16.6. The molecular weight excluding hydrogens is 328 g/mol. The van der Waals surface area contributed by atoms with Gasteiger partial charge in [0.1, 0.15) is 0 Å². The summed E-state index contributed by atoms with van der Waals surface area (Å²) >= 11 is 0. The first-order valence-corrected chi connectivity index (χ1v) is 7.76. The molecule has 0 radical (unpaired) electrons. The molecule has 1 saturated heterocycles. The molecule has 7 heteroatoms. The highest BCUT2D eigenvalue weighted by molar-refractivity contribution is 5.88. The predicted octanol–water partition coefficient (Wildman–Crippen LogP) is 1.51. The minimum absolute atomic E-state index is 0.165. The maximum Gasteiger partial charge on any atom is 0.345 e. The van der Waals surface area contributed by atoms with Crippen LogP contribution in [0.25, 0.3) is 0 Å². The molecule has 0 spiro atoms. The molecule has 0 N–H and O–H groups in total. The molecule has 0 saturated carbocycles. The average Bonchev–Trinajstić information content (AvgIpc) is 3.08. The quantitative estimate of drug-likeness (QED) is 0.419. The second-order valence-electron chi connectivity index (χ2n) is 5.65. The third kappa shape index (κ3) is 5.15. The van der Waals surface area contributed by atoms with Gasteiger partial charge in [-0.3, -0.25) is 0 Å². The number of rotatable bonds is 7. The molecule has 2 rings (SSSR count). The SMILES string of the molecule is C=C(C)C(=O)OCC(=O)OCC(=O)OC1(c2ccccc2)CCOC1. The summed E-state index contributed by atoms with van der Waals surface area (Å²) in [4.78, 5) is 34.7. The summed E-state index contributed by atoms with van der Waals surface area (Å²) < 4.78 is 20.3. The van der Waals surface area contributed by atoms with Crippen LogP contribution in [-0.2, 0) is 38.9 Å². The lowest BCUT2D eigenvalue weighted by Gasteiger charge is -2.28. The van der Waals surface area contributed by atoms with Gasteiger partial charge in [0.05, 0.1) is 13.2 Å². The summed E-state index contributed by atoms with van der Waals surface area (Å²) in [5, 5.41) is 0. The van der Waals surface area contributed by atoms with Crippen molar-refractivity contribution in [1.29, 1.82) is 0 Å². The normalized spacial score (nSPS) is 19.1. The standard InChI is InChI=1S/C18H20O7/c1-13(2)17(21)24-10-15(19)23-11-16(20)25-18(8-9-22-12-18)14-6-4-3-5-7-14/h3-7H,1,8-12H2,2H3. The zero-order valence-electron chi connectivity index (χ0n) is 14.0. The molecular formula is C18H20O7. The van der Waals surface area contributed by atoms with Crippen LogP contribution in [0.3, 0.4) is 0 Å². The van der Waals surface area contributed by atoms with Gasteiger partial charge in [-0.05, 0) is 12.5 Å². The minimum atomic E-state index is -0.878. The van der Waals surface area contributed by atoms with Crippen LogP contribution in [0, 0.1) is 0 Å². The zero-order chi connectivity index (χ0) is 18.3. The molecule has 1 aliphatic heterocycles. The molecule has 7 nitrogen and oxygen atoms in total. The van der Waals surface area contributed by atoms with E-state index in [1.165, 1.54) is 6.92 Å². The van der Waals surface area contributed by atoms with Crippen molar-refractivity contribution in [2.24, 2.45) is 0 Å². The van der Waals surface area contributed by atoms with Gasteiger partial charge < -0.3 is 18.9 Å². The molecule has 1 aromatic carbocycles. The van der Waals surface area contributed by atoms with Crippen molar-refractivity contribution in [2.75, 3.05) is 26.4 Å². The number of esters is 3. The van der Waals surface area contributed by atoms with Crippen LogP contribution in [-0.4, -0.2) is 44.3 Å². The predicted molar refractivity (Wildman–Crippen MR) is 86.4 cm³/mol. The third-order valence-corrected chi connectivity index (χ3v) is 3.62. The Hall–Kier alpha value is -2.67. The molecule has 1 aliphatic rings. The van der Waals surface area contributed by atoms with Crippen molar-refractivity contribution in [3.8, 4) is 0 Å². The monoisotopic (exact) mass is 348 g/mol. The van der Waals surface area contributed by atoms with Crippen molar-refractivity contribution in [3.63, 3.8) is 0 Å². The van der Waals surface area contributed by atoms with E-state index < -0.39 is 36.7 Å². The van der Waals surface area contributed by atoms with Gasteiger partial charge in [-0.2, -0.15) is 0 Å². The van der Waals surface area contributed by atoms with Gasteiger partial charge in [0.2, 0.25) is 0 Å². The van der Waals surface area contributed by atoms with E-state index in [9.17, 15) is 14.4 Å². The molecule has 1 fully saturated rings. The van der Waals surface area contributed by atoms with E-state index in [2.05, 4.69) is 11.3 Å². The van der Waals surface area contributed by atoms with E-state index >= 15 is 0 Å². The van der Waals surface area contributed by atoms with Gasteiger partial charge in [0, 0.05) is 12.0 Å². The van der Waals surface area contributed by atoms with Crippen LogP contribution >= 0.6 is 0 Å². The van der Waals surface area contributed by atoms with Crippen LogP contribution < -0.4 is 0 Å². The number of ether oxygens (including phenoxy) is 4. The third-order valence-electron chi connectivity index (χ3n) is 3.62. The molecule has 0 bridgehead atoms. The fraction of sp³-hybridized carbons (Fsp3) is 0.389. The minimum Gasteiger partial charge on any atom is -0.451 e. The molecule has 1 atom stereocenters. The summed E-state index contributed by atoms with van der Waals surface area (Å²) in [5.41, 5.74) is 0.109. The number of benzene rings is 1. The molecule has 0 aromatic heterocycles. The van der Waals surface area contributed by atoms with Gasteiger partial charge in [-0.25, -0.2) is 14.4 Å². The second-order valence-corrected chi connectivity index (χ2v) is 5.65.